The lowest BCUT2D eigenvalue weighted by Crippen LogP contribution is -2.29. The molecule has 3 heteroatoms. The molecule has 3 aromatic carbocycles. The fourth-order valence-electron chi connectivity index (χ4n) is 3.31. The number of hydrogen-bond acceptors (Lipinski definition) is 3. The third-order valence-corrected chi connectivity index (χ3v) is 4.62. The molecule has 0 bridgehead atoms. The van der Waals surface area contributed by atoms with Crippen molar-refractivity contribution in [1.82, 2.24) is 4.90 Å². The predicted molar refractivity (Wildman–Crippen MR) is 107 cm³/mol. The zero-order valence-electron chi connectivity index (χ0n) is 15.0. The normalized spacial score (nSPS) is 12.2. The topological polar surface area (TPSA) is 49.5 Å². The summed E-state index contributed by atoms with van der Waals surface area (Å²) in [4.78, 5) is 2.42. The van der Waals surface area contributed by atoms with E-state index in [2.05, 4.69) is 65.6 Å². The smallest absolute Gasteiger partial charge is 0.0449 e. The lowest BCUT2D eigenvalue weighted by atomic mass is 10.00. The maximum atomic E-state index is 9.68. The van der Waals surface area contributed by atoms with E-state index in [0.717, 1.165) is 18.8 Å². The first kappa shape index (κ1) is 18.2. The molecule has 26 heavy (non-hydrogen) atoms. The van der Waals surface area contributed by atoms with Crippen LogP contribution >= 0.6 is 0 Å². The van der Waals surface area contributed by atoms with Crippen molar-refractivity contribution in [2.75, 3.05) is 12.3 Å². The molecular weight excluding hydrogens is 320 g/mol. The summed E-state index contributed by atoms with van der Waals surface area (Å²) in [5.41, 5.74) is 10.3. The van der Waals surface area contributed by atoms with Gasteiger partial charge in [-0.3, -0.25) is 4.90 Å². The van der Waals surface area contributed by atoms with Crippen molar-refractivity contribution in [2.24, 2.45) is 0 Å². The van der Waals surface area contributed by atoms with Gasteiger partial charge in [0.25, 0.3) is 0 Å². The maximum absolute atomic E-state index is 9.68. The average Bonchev–Trinajstić information content (AvgIpc) is 2.68. The van der Waals surface area contributed by atoms with Crippen LogP contribution in [0.4, 0.5) is 5.69 Å². The van der Waals surface area contributed by atoms with Crippen LogP contribution in [0.2, 0.25) is 0 Å². The van der Waals surface area contributed by atoms with Crippen molar-refractivity contribution >= 4 is 5.69 Å². The summed E-state index contributed by atoms with van der Waals surface area (Å²) in [5.74, 6) is 0. The Hall–Kier alpha value is -2.62. The summed E-state index contributed by atoms with van der Waals surface area (Å²) < 4.78 is 0. The van der Waals surface area contributed by atoms with Crippen LogP contribution in [0.3, 0.4) is 0 Å². The maximum Gasteiger partial charge on any atom is 0.0449 e. The number of hydrogen-bond donors (Lipinski definition) is 2. The second-order valence-electron chi connectivity index (χ2n) is 6.57. The molecule has 0 aromatic heterocycles. The minimum Gasteiger partial charge on any atom is -0.399 e. The minimum absolute atomic E-state index is 0.126. The molecule has 1 atom stereocenters. The number of aliphatic hydroxyl groups excluding tert-OH is 1. The Labute approximate surface area is 155 Å². The summed E-state index contributed by atoms with van der Waals surface area (Å²) in [5, 5.41) is 9.68. The molecule has 0 saturated heterocycles. The molecule has 0 amide bonds. The zero-order chi connectivity index (χ0) is 18.2. The average molecular weight is 346 g/mol. The van der Waals surface area contributed by atoms with E-state index in [0.29, 0.717) is 6.42 Å². The fourth-order valence-corrected chi connectivity index (χ4v) is 3.31. The number of nitrogens with two attached hydrogens (primary N) is 1. The van der Waals surface area contributed by atoms with Crippen LogP contribution in [0.5, 0.6) is 0 Å². The van der Waals surface area contributed by atoms with Crippen molar-refractivity contribution in [3.05, 3.63) is 102 Å². The third-order valence-electron chi connectivity index (χ3n) is 4.62. The first-order valence-electron chi connectivity index (χ1n) is 9.04. The van der Waals surface area contributed by atoms with Gasteiger partial charge in [-0.05, 0) is 35.2 Å². The Morgan fingerprint density at radius 1 is 0.731 bits per heavy atom. The molecule has 134 valence electrons. The van der Waals surface area contributed by atoms with Gasteiger partial charge in [0, 0.05) is 31.4 Å². The molecule has 0 radical (unpaired) electrons. The summed E-state index contributed by atoms with van der Waals surface area (Å²) in [6.07, 6.45) is 0.684. The van der Waals surface area contributed by atoms with E-state index >= 15 is 0 Å². The second-order valence-corrected chi connectivity index (χ2v) is 6.57. The highest BCUT2D eigenvalue weighted by atomic mass is 16.3. The van der Waals surface area contributed by atoms with Crippen molar-refractivity contribution < 1.29 is 5.11 Å². The summed E-state index contributed by atoms with van der Waals surface area (Å²) >= 11 is 0. The molecule has 0 aliphatic rings. The van der Waals surface area contributed by atoms with Crippen molar-refractivity contribution in [3.63, 3.8) is 0 Å². The van der Waals surface area contributed by atoms with E-state index in [1.54, 1.807) is 0 Å². The molecule has 3 rings (SSSR count). The molecule has 0 fully saturated rings. The number of rotatable bonds is 8. The van der Waals surface area contributed by atoms with E-state index < -0.39 is 0 Å². The van der Waals surface area contributed by atoms with Gasteiger partial charge < -0.3 is 10.8 Å². The third kappa shape index (κ3) is 4.94. The van der Waals surface area contributed by atoms with Gasteiger partial charge in [0.15, 0.2) is 0 Å². The first-order chi connectivity index (χ1) is 12.8. The SMILES string of the molecule is Nc1ccc(C(CCO)N(Cc2ccccc2)Cc2ccccc2)cc1. The van der Waals surface area contributed by atoms with Crippen molar-refractivity contribution in [2.45, 2.75) is 25.6 Å². The Balaban J connectivity index is 1.91. The highest BCUT2D eigenvalue weighted by Gasteiger charge is 2.20. The van der Waals surface area contributed by atoms with E-state index in [-0.39, 0.29) is 12.6 Å². The van der Waals surface area contributed by atoms with Crippen LogP contribution in [0.1, 0.15) is 29.2 Å². The van der Waals surface area contributed by atoms with Crippen molar-refractivity contribution in [3.8, 4) is 0 Å². The Kier molecular flexibility index (Phi) is 6.42. The van der Waals surface area contributed by atoms with Crippen LogP contribution in [0, 0.1) is 0 Å². The van der Waals surface area contributed by atoms with Gasteiger partial charge in [-0.25, -0.2) is 0 Å². The van der Waals surface area contributed by atoms with Crippen molar-refractivity contribution in [1.29, 1.82) is 0 Å². The zero-order valence-corrected chi connectivity index (χ0v) is 15.0. The lowest BCUT2D eigenvalue weighted by Gasteiger charge is -2.32. The lowest BCUT2D eigenvalue weighted by molar-refractivity contribution is 0.142. The largest absolute Gasteiger partial charge is 0.399 e. The highest BCUT2D eigenvalue weighted by molar-refractivity contribution is 5.40. The van der Waals surface area contributed by atoms with E-state index in [1.807, 2.05) is 24.3 Å². The molecule has 0 heterocycles. The van der Waals surface area contributed by atoms with Gasteiger partial charge in [0.1, 0.15) is 0 Å². The second kappa shape index (κ2) is 9.18. The molecule has 3 N–H and O–H groups in total. The summed E-state index contributed by atoms with van der Waals surface area (Å²) in [7, 11) is 0. The number of aliphatic hydroxyl groups is 1. The number of nitrogen functional groups attached to an aromatic ring is 1. The van der Waals surface area contributed by atoms with Crippen LogP contribution in [0.25, 0.3) is 0 Å². The van der Waals surface area contributed by atoms with Gasteiger partial charge in [-0.1, -0.05) is 72.8 Å². The quantitative estimate of drug-likeness (QED) is 0.595. The molecule has 3 aromatic rings. The van der Waals surface area contributed by atoms with Gasteiger partial charge >= 0.3 is 0 Å². The monoisotopic (exact) mass is 346 g/mol. The molecule has 0 aliphatic heterocycles. The predicted octanol–water partition coefficient (Wildman–Crippen LogP) is 4.39. The molecule has 3 nitrogen and oxygen atoms in total. The Bertz CT molecular complexity index is 731. The van der Waals surface area contributed by atoms with Crippen LogP contribution in [-0.2, 0) is 13.1 Å². The van der Waals surface area contributed by atoms with E-state index in [9.17, 15) is 5.11 Å². The fraction of sp³-hybridized carbons (Fsp3) is 0.217. The van der Waals surface area contributed by atoms with Gasteiger partial charge in [-0.2, -0.15) is 0 Å². The highest BCUT2D eigenvalue weighted by Crippen LogP contribution is 2.28. The Morgan fingerprint density at radius 2 is 1.23 bits per heavy atom. The molecule has 1 unspecified atom stereocenters. The Morgan fingerprint density at radius 3 is 1.69 bits per heavy atom. The van der Waals surface area contributed by atoms with E-state index in [4.69, 9.17) is 5.73 Å². The standard InChI is InChI=1S/C23H26N2O/c24-22-13-11-21(12-14-22)23(15-16-26)25(17-19-7-3-1-4-8-19)18-20-9-5-2-6-10-20/h1-14,23,26H,15-18,24H2. The number of benzene rings is 3. The minimum atomic E-state index is 0.126. The number of nitrogens with zero attached hydrogens (tertiary/aromatic N) is 1. The molecule has 0 spiro atoms. The number of anilines is 1. The van der Waals surface area contributed by atoms with Crippen LogP contribution in [-0.4, -0.2) is 16.6 Å². The van der Waals surface area contributed by atoms with Gasteiger partial charge in [-0.15, -0.1) is 0 Å². The van der Waals surface area contributed by atoms with E-state index in [1.165, 1.54) is 16.7 Å². The van der Waals surface area contributed by atoms with Gasteiger partial charge in [0.2, 0.25) is 0 Å². The summed E-state index contributed by atoms with van der Waals surface area (Å²) in [6, 6.07) is 29.1. The molecule has 0 saturated carbocycles. The first-order valence-corrected chi connectivity index (χ1v) is 9.04. The summed E-state index contributed by atoms with van der Waals surface area (Å²) in [6.45, 7) is 1.80. The van der Waals surface area contributed by atoms with Gasteiger partial charge in [0.05, 0.1) is 0 Å². The van der Waals surface area contributed by atoms with Crippen LogP contribution < -0.4 is 5.73 Å². The molecule has 0 aliphatic carbocycles. The molecular formula is C23H26N2O. The van der Waals surface area contributed by atoms with Crippen LogP contribution in [0.15, 0.2) is 84.9 Å².